The predicted molar refractivity (Wildman–Crippen MR) is 62.6 cm³/mol. The number of likely N-dealkylation sites (N-methyl/N-ethyl adjacent to an activating group) is 1. The van der Waals surface area contributed by atoms with Crippen molar-refractivity contribution in [1.82, 2.24) is 24.9 Å². The van der Waals surface area contributed by atoms with Crippen LogP contribution in [0, 0.1) is 6.92 Å². The molecule has 0 unspecified atom stereocenters. The highest BCUT2D eigenvalue weighted by Gasteiger charge is 2.06. The molecule has 0 atom stereocenters. The highest BCUT2D eigenvalue weighted by Crippen LogP contribution is 2.10. The van der Waals surface area contributed by atoms with Crippen LogP contribution in [0.2, 0.25) is 0 Å². The maximum Gasteiger partial charge on any atom is 0.203 e. The van der Waals surface area contributed by atoms with Gasteiger partial charge in [-0.3, -0.25) is 4.40 Å². The van der Waals surface area contributed by atoms with Gasteiger partial charge in [0.15, 0.2) is 5.82 Å². The molecule has 0 radical (unpaired) electrons. The van der Waals surface area contributed by atoms with Crippen LogP contribution in [-0.2, 0) is 0 Å². The summed E-state index contributed by atoms with van der Waals surface area (Å²) in [7, 11) is 0. The summed E-state index contributed by atoms with van der Waals surface area (Å²) in [4.78, 5) is 4.26. The largest absolute Gasteiger partial charge is 0.366 e. The topological polar surface area (TPSA) is 67.1 Å². The Kier molecular flexibility index (Phi) is 3.31. The fourth-order valence-electron chi connectivity index (χ4n) is 1.51. The molecule has 0 aromatic carbocycles. The molecule has 2 aromatic rings. The predicted octanol–water partition coefficient (Wildman–Crippen LogP) is 0.454. The van der Waals surface area contributed by atoms with Crippen molar-refractivity contribution in [3.63, 3.8) is 0 Å². The molecule has 6 nitrogen and oxygen atoms in total. The van der Waals surface area contributed by atoms with E-state index in [4.69, 9.17) is 0 Å². The minimum atomic E-state index is 0.775. The van der Waals surface area contributed by atoms with Gasteiger partial charge in [-0.25, -0.2) is 4.98 Å². The van der Waals surface area contributed by atoms with E-state index < -0.39 is 0 Å². The molecule has 0 aliphatic rings. The van der Waals surface area contributed by atoms with Crippen LogP contribution in [0.3, 0.4) is 0 Å². The molecule has 2 aromatic heterocycles. The summed E-state index contributed by atoms with van der Waals surface area (Å²) in [6.07, 6.45) is 3.61. The summed E-state index contributed by atoms with van der Waals surface area (Å²) < 4.78 is 1.92. The summed E-state index contributed by atoms with van der Waals surface area (Å²) in [6, 6.07) is 0. The van der Waals surface area contributed by atoms with E-state index >= 15 is 0 Å². The van der Waals surface area contributed by atoms with Gasteiger partial charge in [-0.1, -0.05) is 6.92 Å². The van der Waals surface area contributed by atoms with E-state index in [-0.39, 0.29) is 0 Å². The zero-order chi connectivity index (χ0) is 11.4. The van der Waals surface area contributed by atoms with Gasteiger partial charge < -0.3 is 10.6 Å². The molecule has 2 heterocycles. The van der Waals surface area contributed by atoms with Crippen molar-refractivity contribution in [3.05, 3.63) is 18.2 Å². The van der Waals surface area contributed by atoms with Crippen molar-refractivity contribution in [1.29, 1.82) is 0 Å². The van der Waals surface area contributed by atoms with Gasteiger partial charge in [-0.2, -0.15) is 0 Å². The highest BCUT2D eigenvalue weighted by atomic mass is 15.3. The van der Waals surface area contributed by atoms with Gasteiger partial charge in [-0.15, -0.1) is 10.2 Å². The Morgan fingerprint density at radius 2 is 2.19 bits per heavy atom. The monoisotopic (exact) mass is 220 g/mol. The van der Waals surface area contributed by atoms with Crippen molar-refractivity contribution in [3.8, 4) is 0 Å². The average molecular weight is 220 g/mol. The lowest BCUT2D eigenvalue weighted by molar-refractivity contribution is 0.738. The summed E-state index contributed by atoms with van der Waals surface area (Å²) in [6.45, 7) is 6.71. The smallest absolute Gasteiger partial charge is 0.203 e. The summed E-state index contributed by atoms with van der Waals surface area (Å²) in [5, 5.41) is 14.6. The standard InChI is InChI=1S/C10H16N6/c1-3-11-4-5-12-9-10-15-14-8(2)16(10)7-6-13-9/h6-7,11H,3-5H2,1-2H3,(H,12,13). The van der Waals surface area contributed by atoms with Gasteiger partial charge in [0, 0.05) is 25.5 Å². The number of anilines is 1. The third-order valence-corrected chi connectivity index (χ3v) is 2.34. The normalized spacial score (nSPS) is 10.9. The van der Waals surface area contributed by atoms with Crippen LogP contribution < -0.4 is 10.6 Å². The van der Waals surface area contributed by atoms with Crippen molar-refractivity contribution in [2.75, 3.05) is 25.0 Å². The molecule has 16 heavy (non-hydrogen) atoms. The van der Waals surface area contributed by atoms with Crippen molar-refractivity contribution in [2.45, 2.75) is 13.8 Å². The van der Waals surface area contributed by atoms with Crippen LogP contribution in [0.25, 0.3) is 5.65 Å². The van der Waals surface area contributed by atoms with E-state index in [1.165, 1.54) is 0 Å². The first-order chi connectivity index (χ1) is 7.83. The summed E-state index contributed by atoms with van der Waals surface area (Å²) in [5.41, 5.74) is 0.775. The lowest BCUT2D eigenvalue weighted by Crippen LogP contribution is -2.22. The maximum atomic E-state index is 4.26. The van der Waals surface area contributed by atoms with Gasteiger partial charge >= 0.3 is 0 Å². The van der Waals surface area contributed by atoms with Crippen LogP contribution in [0.4, 0.5) is 5.82 Å². The highest BCUT2D eigenvalue weighted by molar-refractivity contribution is 5.61. The lowest BCUT2D eigenvalue weighted by Gasteiger charge is -2.06. The number of aromatic nitrogens is 4. The van der Waals surface area contributed by atoms with E-state index in [0.717, 1.165) is 36.9 Å². The third-order valence-electron chi connectivity index (χ3n) is 2.34. The Hall–Kier alpha value is -1.69. The zero-order valence-electron chi connectivity index (χ0n) is 9.56. The number of nitrogens with zero attached hydrogens (tertiary/aromatic N) is 4. The SMILES string of the molecule is CCNCCNc1nccn2c(C)nnc12. The summed E-state index contributed by atoms with van der Waals surface area (Å²) in [5.74, 6) is 1.65. The maximum absolute atomic E-state index is 4.26. The molecule has 0 amide bonds. The van der Waals surface area contributed by atoms with E-state index in [9.17, 15) is 0 Å². The second-order valence-corrected chi connectivity index (χ2v) is 3.50. The molecule has 0 aliphatic heterocycles. The average Bonchev–Trinajstić information content (AvgIpc) is 2.68. The molecular weight excluding hydrogens is 204 g/mol. The second-order valence-electron chi connectivity index (χ2n) is 3.50. The fourth-order valence-corrected chi connectivity index (χ4v) is 1.51. The Bertz CT molecular complexity index is 463. The second kappa shape index (κ2) is 4.89. The van der Waals surface area contributed by atoms with Gasteiger partial charge in [0.05, 0.1) is 0 Å². The van der Waals surface area contributed by atoms with Crippen molar-refractivity contribution >= 4 is 11.5 Å². The van der Waals surface area contributed by atoms with E-state index in [0.29, 0.717) is 0 Å². The van der Waals surface area contributed by atoms with Crippen LogP contribution in [0.1, 0.15) is 12.7 Å². The van der Waals surface area contributed by atoms with E-state index in [2.05, 4.69) is 32.7 Å². The molecule has 86 valence electrons. The number of rotatable bonds is 5. The van der Waals surface area contributed by atoms with Crippen LogP contribution in [0.5, 0.6) is 0 Å². The molecule has 0 spiro atoms. The van der Waals surface area contributed by atoms with Gasteiger partial charge in [0.25, 0.3) is 0 Å². The lowest BCUT2D eigenvalue weighted by atomic mass is 10.5. The van der Waals surface area contributed by atoms with Crippen molar-refractivity contribution < 1.29 is 0 Å². The Balaban J connectivity index is 2.11. The number of nitrogens with one attached hydrogen (secondary N) is 2. The number of hydrogen-bond acceptors (Lipinski definition) is 5. The Morgan fingerprint density at radius 3 is 3.00 bits per heavy atom. The molecule has 6 heteroatoms. The molecular formula is C10H16N6. The number of aryl methyl sites for hydroxylation is 1. The minimum Gasteiger partial charge on any atom is -0.366 e. The molecule has 0 saturated heterocycles. The first kappa shape index (κ1) is 10.8. The van der Waals surface area contributed by atoms with Crippen LogP contribution in [0.15, 0.2) is 12.4 Å². The number of fused-ring (bicyclic) bond motifs is 1. The summed E-state index contributed by atoms with van der Waals surface area (Å²) >= 11 is 0. The quantitative estimate of drug-likeness (QED) is 0.716. The minimum absolute atomic E-state index is 0.775. The third kappa shape index (κ3) is 2.11. The zero-order valence-corrected chi connectivity index (χ0v) is 9.56. The molecule has 0 fully saturated rings. The van der Waals surface area contributed by atoms with Gasteiger partial charge in [0.2, 0.25) is 5.65 Å². The van der Waals surface area contributed by atoms with Gasteiger partial charge in [0.1, 0.15) is 5.82 Å². The van der Waals surface area contributed by atoms with Crippen LogP contribution in [-0.4, -0.2) is 39.2 Å². The van der Waals surface area contributed by atoms with Crippen LogP contribution >= 0.6 is 0 Å². The molecule has 0 aliphatic carbocycles. The fraction of sp³-hybridized carbons (Fsp3) is 0.500. The van der Waals surface area contributed by atoms with E-state index in [1.54, 1.807) is 6.20 Å². The molecule has 2 N–H and O–H groups in total. The molecule has 0 bridgehead atoms. The van der Waals surface area contributed by atoms with E-state index in [1.807, 2.05) is 17.5 Å². The number of hydrogen-bond donors (Lipinski definition) is 2. The Labute approximate surface area is 94.1 Å². The molecule has 2 rings (SSSR count). The van der Waals surface area contributed by atoms with Crippen molar-refractivity contribution in [2.24, 2.45) is 0 Å². The van der Waals surface area contributed by atoms with Gasteiger partial charge in [-0.05, 0) is 13.5 Å². The molecule has 0 saturated carbocycles. The Morgan fingerprint density at radius 1 is 1.31 bits per heavy atom. The first-order valence-corrected chi connectivity index (χ1v) is 5.44. The first-order valence-electron chi connectivity index (χ1n) is 5.44.